The monoisotopic (exact) mass is 417 g/mol. The number of nitrogens with one attached hydrogen (secondary N) is 1. The summed E-state index contributed by atoms with van der Waals surface area (Å²) in [5, 5.41) is 11.4. The highest BCUT2D eigenvalue weighted by Gasteiger charge is 2.16. The number of hydrogen-bond donors (Lipinski definition) is 1. The van der Waals surface area contributed by atoms with Gasteiger partial charge in [0.15, 0.2) is 0 Å². The Kier molecular flexibility index (Phi) is 5.53. The van der Waals surface area contributed by atoms with Crippen LogP contribution in [0.25, 0.3) is 17.1 Å². The summed E-state index contributed by atoms with van der Waals surface area (Å²) in [5.74, 6) is 1.54. The summed E-state index contributed by atoms with van der Waals surface area (Å²) in [6.07, 6.45) is 1.73. The van der Waals surface area contributed by atoms with E-state index in [-0.39, 0.29) is 5.91 Å². The van der Waals surface area contributed by atoms with E-state index in [4.69, 9.17) is 9.26 Å². The van der Waals surface area contributed by atoms with Crippen molar-refractivity contribution in [2.24, 2.45) is 0 Å². The largest absolute Gasteiger partial charge is 0.494 e. The first-order valence-electron chi connectivity index (χ1n) is 9.97. The summed E-state index contributed by atoms with van der Waals surface area (Å²) < 4.78 is 12.2. The molecule has 2 heterocycles. The van der Waals surface area contributed by atoms with Crippen molar-refractivity contribution in [3.8, 4) is 22.8 Å². The molecule has 0 unspecified atom stereocenters. The van der Waals surface area contributed by atoms with E-state index in [1.807, 2.05) is 63.2 Å². The number of nitrogens with zero attached hydrogens (tertiary/aromatic N) is 4. The SMILES string of the molecule is CCOc1ccc(NC(=O)c2cn(-c3cc(-c4noc(C)n4)ccc3C)nc2C)cc1. The first-order chi connectivity index (χ1) is 14.9. The normalized spacial score (nSPS) is 10.8. The number of carbonyl (C=O) groups excluding carboxylic acids is 1. The molecule has 158 valence electrons. The first-order valence-corrected chi connectivity index (χ1v) is 9.97. The van der Waals surface area contributed by atoms with Gasteiger partial charge in [0.1, 0.15) is 5.75 Å². The van der Waals surface area contributed by atoms with Crippen LogP contribution in [0.3, 0.4) is 0 Å². The van der Waals surface area contributed by atoms with E-state index in [9.17, 15) is 4.79 Å². The number of aryl methyl sites for hydroxylation is 3. The van der Waals surface area contributed by atoms with E-state index in [2.05, 4.69) is 20.6 Å². The Morgan fingerprint density at radius 3 is 2.58 bits per heavy atom. The van der Waals surface area contributed by atoms with Crippen molar-refractivity contribution in [2.45, 2.75) is 27.7 Å². The van der Waals surface area contributed by atoms with Gasteiger partial charge in [0, 0.05) is 24.4 Å². The van der Waals surface area contributed by atoms with Crippen LogP contribution >= 0.6 is 0 Å². The number of anilines is 1. The Balaban J connectivity index is 1.59. The summed E-state index contributed by atoms with van der Waals surface area (Å²) >= 11 is 0. The van der Waals surface area contributed by atoms with E-state index >= 15 is 0 Å². The van der Waals surface area contributed by atoms with Gasteiger partial charge in [-0.1, -0.05) is 17.3 Å². The topological polar surface area (TPSA) is 95.1 Å². The van der Waals surface area contributed by atoms with Crippen LogP contribution in [0.4, 0.5) is 5.69 Å². The predicted octanol–water partition coefficient (Wildman–Crippen LogP) is 4.50. The molecule has 0 spiro atoms. The fourth-order valence-corrected chi connectivity index (χ4v) is 3.22. The molecule has 0 radical (unpaired) electrons. The van der Waals surface area contributed by atoms with Crippen LogP contribution < -0.4 is 10.1 Å². The molecule has 2 aromatic heterocycles. The van der Waals surface area contributed by atoms with Gasteiger partial charge in [-0.15, -0.1) is 0 Å². The first kappa shape index (κ1) is 20.3. The minimum absolute atomic E-state index is 0.226. The summed E-state index contributed by atoms with van der Waals surface area (Å²) in [5.41, 5.74) is 4.46. The number of benzene rings is 2. The zero-order chi connectivity index (χ0) is 22.0. The third-order valence-corrected chi connectivity index (χ3v) is 4.81. The summed E-state index contributed by atoms with van der Waals surface area (Å²) in [6, 6.07) is 13.1. The van der Waals surface area contributed by atoms with Crippen molar-refractivity contribution in [2.75, 3.05) is 11.9 Å². The Hall–Kier alpha value is -3.94. The fraction of sp³-hybridized carbons (Fsp3) is 0.217. The van der Waals surface area contributed by atoms with Gasteiger partial charge in [-0.2, -0.15) is 10.1 Å². The average molecular weight is 417 g/mol. The average Bonchev–Trinajstić information content (AvgIpc) is 3.36. The second kappa shape index (κ2) is 8.43. The van der Waals surface area contributed by atoms with Gasteiger partial charge >= 0.3 is 0 Å². The number of aromatic nitrogens is 4. The van der Waals surface area contributed by atoms with Crippen molar-refractivity contribution < 1.29 is 14.1 Å². The summed E-state index contributed by atoms with van der Waals surface area (Å²) in [6.45, 7) is 8.06. The molecule has 8 heteroatoms. The third-order valence-electron chi connectivity index (χ3n) is 4.81. The summed E-state index contributed by atoms with van der Waals surface area (Å²) in [7, 11) is 0. The van der Waals surface area contributed by atoms with Gasteiger partial charge in [-0.25, -0.2) is 4.68 Å². The summed E-state index contributed by atoms with van der Waals surface area (Å²) in [4.78, 5) is 17.1. The van der Waals surface area contributed by atoms with Crippen molar-refractivity contribution in [1.29, 1.82) is 0 Å². The van der Waals surface area contributed by atoms with Gasteiger partial charge in [0.2, 0.25) is 11.7 Å². The molecule has 31 heavy (non-hydrogen) atoms. The van der Waals surface area contributed by atoms with Gasteiger partial charge in [0.25, 0.3) is 5.91 Å². The van der Waals surface area contributed by atoms with Crippen LogP contribution in [0.2, 0.25) is 0 Å². The fourth-order valence-electron chi connectivity index (χ4n) is 3.22. The molecule has 0 atom stereocenters. The van der Waals surface area contributed by atoms with Crippen LogP contribution in [0.1, 0.15) is 34.4 Å². The van der Waals surface area contributed by atoms with Crippen molar-refractivity contribution in [1.82, 2.24) is 19.9 Å². The maximum atomic E-state index is 12.8. The minimum atomic E-state index is -0.226. The highest BCUT2D eigenvalue weighted by molar-refractivity contribution is 6.05. The highest BCUT2D eigenvalue weighted by Crippen LogP contribution is 2.24. The van der Waals surface area contributed by atoms with Crippen molar-refractivity contribution in [3.63, 3.8) is 0 Å². The quantitative estimate of drug-likeness (QED) is 0.496. The minimum Gasteiger partial charge on any atom is -0.494 e. The van der Waals surface area contributed by atoms with Crippen molar-refractivity contribution in [3.05, 3.63) is 71.4 Å². The second-order valence-corrected chi connectivity index (χ2v) is 7.12. The number of ether oxygens (including phenoxy) is 1. The van der Waals surface area contributed by atoms with Gasteiger partial charge < -0.3 is 14.6 Å². The molecular weight excluding hydrogens is 394 g/mol. The zero-order valence-electron chi connectivity index (χ0n) is 17.8. The predicted molar refractivity (Wildman–Crippen MR) is 117 cm³/mol. The van der Waals surface area contributed by atoms with Crippen LogP contribution in [-0.2, 0) is 0 Å². The molecule has 0 saturated heterocycles. The Labute approximate surface area is 179 Å². The Morgan fingerprint density at radius 2 is 1.90 bits per heavy atom. The van der Waals surface area contributed by atoms with E-state index in [1.54, 1.807) is 17.8 Å². The molecule has 0 aliphatic carbocycles. The third kappa shape index (κ3) is 4.32. The lowest BCUT2D eigenvalue weighted by atomic mass is 10.1. The maximum absolute atomic E-state index is 12.8. The van der Waals surface area contributed by atoms with E-state index < -0.39 is 0 Å². The van der Waals surface area contributed by atoms with Crippen molar-refractivity contribution >= 4 is 11.6 Å². The van der Waals surface area contributed by atoms with Crippen LogP contribution in [0, 0.1) is 20.8 Å². The number of carbonyl (C=O) groups is 1. The molecule has 0 saturated carbocycles. The molecule has 8 nitrogen and oxygen atoms in total. The van der Waals surface area contributed by atoms with Crippen LogP contribution in [0.15, 0.2) is 53.2 Å². The highest BCUT2D eigenvalue weighted by atomic mass is 16.5. The standard InChI is InChI=1S/C23H23N5O3/c1-5-30-19-10-8-18(9-11-19)25-23(29)20-13-28(26-15(20)3)21-12-17(7-6-14(21)2)22-24-16(4)31-27-22/h6-13H,5H2,1-4H3,(H,25,29). The molecular formula is C23H23N5O3. The zero-order valence-corrected chi connectivity index (χ0v) is 17.8. The molecule has 0 bridgehead atoms. The van der Waals surface area contributed by atoms with Gasteiger partial charge in [-0.05, 0) is 56.7 Å². The number of amides is 1. The molecule has 0 aliphatic rings. The lowest BCUT2D eigenvalue weighted by molar-refractivity contribution is 0.102. The van der Waals surface area contributed by atoms with E-state index in [0.29, 0.717) is 35.3 Å². The molecule has 1 amide bonds. The van der Waals surface area contributed by atoms with E-state index in [1.165, 1.54) is 0 Å². The lowest BCUT2D eigenvalue weighted by Crippen LogP contribution is -2.12. The smallest absolute Gasteiger partial charge is 0.259 e. The maximum Gasteiger partial charge on any atom is 0.259 e. The molecule has 0 aliphatic heterocycles. The molecule has 1 N–H and O–H groups in total. The number of rotatable bonds is 6. The van der Waals surface area contributed by atoms with Gasteiger partial charge in [0.05, 0.1) is 23.6 Å². The van der Waals surface area contributed by atoms with Crippen LogP contribution in [0.5, 0.6) is 5.75 Å². The molecule has 4 aromatic rings. The Morgan fingerprint density at radius 1 is 1.13 bits per heavy atom. The van der Waals surface area contributed by atoms with Crippen LogP contribution in [-0.4, -0.2) is 32.4 Å². The van der Waals surface area contributed by atoms with Gasteiger partial charge in [-0.3, -0.25) is 4.79 Å². The molecule has 4 rings (SSSR count). The Bertz CT molecular complexity index is 1220. The molecule has 2 aromatic carbocycles. The molecule has 0 fully saturated rings. The second-order valence-electron chi connectivity index (χ2n) is 7.12. The lowest BCUT2D eigenvalue weighted by Gasteiger charge is -2.07. The van der Waals surface area contributed by atoms with E-state index in [0.717, 1.165) is 22.6 Å². The number of hydrogen-bond acceptors (Lipinski definition) is 6.